The van der Waals surface area contributed by atoms with Gasteiger partial charge in [-0.2, -0.15) is 8.42 Å². The minimum atomic E-state index is -3.81. The Morgan fingerprint density at radius 2 is 0.639 bits per heavy atom. The molecule has 624 valence electrons. The molecule has 10 aliphatic rings. The lowest BCUT2D eigenvalue weighted by molar-refractivity contribution is -0.208. The molecule has 7 N–H and O–H groups in total. The fourth-order valence-electron chi connectivity index (χ4n) is 21.4. The zero-order chi connectivity index (χ0) is 85.0. The molecule has 29 heteroatoms. The van der Waals surface area contributed by atoms with Crippen LogP contribution < -0.4 is 18.9 Å². The number of benzene rings is 8. The smallest absolute Gasteiger partial charge is 0.264 e. The first-order valence-corrected chi connectivity index (χ1v) is 45.7. The lowest BCUT2D eigenvalue weighted by atomic mass is 9.71. The minimum absolute atomic E-state index is 0.0957. The maximum absolute atomic E-state index is 12.4. The Balaban J connectivity index is 0.000000107. The summed E-state index contributed by atoms with van der Waals surface area (Å²) in [5.41, 5.74) is -3.58. The summed E-state index contributed by atoms with van der Waals surface area (Å²) < 4.78 is 70.9. The fraction of sp³-hybridized carbons (Fsp3) is 0.269. The van der Waals surface area contributed by atoms with Gasteiger partial charge in [-0.05, 0) is 93.0 Å². The monoisotopic (exact) mass is 1990 g/mol. The van der Waals surface area contributed by atoms with E-state index in [0.29, 0.717) is 73.1 Å². The van der Waals surface area contributed by atoms with Gasteiger partial charge in [-0.25, -0.2) is 0 Å². The average Bonchev–Trinajstić information content (AvgIpc) is 1.50. The number of aromatic nitrogens is 4. The Labute approximate surface area is 755 Å². The average molecular weight is 2000 g/mol. The molecule has 20 nitrogen and oxygen atoms in total. The normalized spacial score (nSPS) is 32.3. The van der Waals surface area contributed by atoms with Crippen molar-refractivity contribution < 1.29 is 76.8 Å². The molecule has 0 unspecified atom stereocenters. The van der Waals surface area contributed by atoms with Crippen LogP contribution in [0.15, 0.2) is 285 Å². The molecule has 0 amide bonds. The summed E-state index contributed by atoms with van der Waals surface area (Å²) in [6.45, 7) is 0.480. The minimum Gasteiger partial charge on any atom is -0.476 e. The molecule has 2 saturated heterocycles. The van der Waals surface area contributed by atoms with E-state index < -0.39 is 103 Å². The van der Waals surface area contributed by atoms with Crippen molar-refractivity contribution in [1.82, 2.24) is 19.9 Å². The van der Waals surface area contributed by atoms with Crippen molar-refractivity contribution in [2.24, 2.45) is 23.7 Å². The van der Waals surface area contributed by atoms with Crippen LogP contribution >= 0.6 is 110 Å². The molecular weight excluding hydrogens is 1920 g/mol. The first kappa shape index (κ1) is 83.7. The SMILES string of the molecule is CS(=O)(=O)OC[C@H]1[C@@H](O)[C@@]2(O)c3ncc(Cl)cc3O[C@@]2(c2ccc(Br)cc2)[C@@H]1c1ccccc1.OC[C@H]1[C@@H](O)[C@@]2(O)c3ncc(Cl)cc3O[C@@]2(c2ccc(Br)cc2)[C@@H]1c1ccccc1.O[C@]12c3ncc(Cl)cc3O[C@@]1(c1ccc(Br)cc1)[C@H](c1ccccc1)[C@H]1CO[C@H]12.O[C@]12c3ncc(Cl)cc3O[C@@]1(c1ccc(Br)cc1)[C@H](c1ccccc1)[C@H]1CO[C@H]12. The summed E-state index contributed by atoms with van der Waals surface area (Å²) in [6.07, 6.45) is 3.29. The number of hydrogen-bond acceptors (Lipinski definition) is 20. The van der Waals surface area contributed by atoms with Crippen molar-refractivity contribution in [3.63, 3.8) is 0 Å². The Bertz CT molecular complexity index is 5960. The molecule has 122 heavy (non-hydrogen) atoms. The summed E-state index contributed by atoms with van der Waals surface area (Å²) in [5.74, 6) is -1.12. The molecule has 6 aliphatic heterocycles. The quantitative estimate of drug-likeness (QED) is 0.0559. The van der Waals surface area contributed by atoms with Crippen LogP contribution in [0, 0.1) is 23.7 Å². The van der Waals surface area contributed by atoms with E-state index >= 15 is 0 Å². The van der Waals surface area contributed by atoms with E-state index in [4.69, 9.17) is 79.0 Å². The van der Waals surface area contributed by atoms with Gasteiger partial charge in [0.1, 0.15) is 58.0 Å². The maximum atomic E-state index is 12.4. The van der Waals surface area contributed by atoms with Crippen LogP contribution in [0.4, 0.5) is 0 Å². The number of ether oxygens (including phenoxy) is 6. The predicted octanol–water partition coefficient (Wildman–Crippen LogP) is 17.0. The zero-order valence-corrected chi connectivity index (χ0v) is 74.4. The summed E-state index contributed by atoms with van der Waals surface area (Å²) >= 11 is 38.7. The van der Waals surface area contributed by atoms with Gasteiger partial charge in [0.05, 0.1) is 58.4 Å². The summed E-state index contributed by atoms with van der Waals surface area (Å²) in [6, 6.07) is 76.4. The van der Waals surface area contributed by atoms with Gasteiger partial charge >= 0.3 is 0 Å². The molecule has 0 spiro atoms. The van der Waals surface area contributed by atoms with Crippen molar-refractivity contribution in [1.29, 1.82) is 0 Å². The van der Waals surface area contributed by atoms with Gasteiger partial charge in [-0.3, -0.25) is 24.1 Å². The maximum Gasteiger partial charge on any atom is 0.264 e. The Morgan fingerprint density at radius 1 is 0.385 bits per heavy atom. The molecule has 0 bridgehead atoms. The molecule has 4 aromatic heterocycles. The number of pyridine rings is 4. The first-order chi connectivity index (χ1) is 58.6. The molecule has 12 aromatic rings. The summed E-state index contributed by atoms with van der Waals surface area (Å²) in [4.78, 5) is 17.7. The second kappa shape index (κ2) is 31.3. The van der Waals surface area contributed by atoms with Gasteiger partial charge < -0.3 is 64.2 Å². The molecule has 4 aliphatic carbocycles. The molecule has 6 fully saturated rings. The van der Waals surface area contributed by atoms with Gasteiger partial charge in [0.15, 0.2) is 44.8 Å². The predicted molar refractivity (Wildman–Crippen MR) is 468 cm³/mol. The molecule has 0 radical (unpaired) electrons. The van der Waals surface area contributed by atoms with Crippen LogP contribution in [0.25, 0.3) is 0 Å². The van der Waals surface area contributed by atoms with E-state index in [1.165, 1.54) is 12.4 Å². The highest BCUT2D eigenvalue weighted by Gasteiger charge is 2.83. The van der Waals surface area contributed by atoms with Crippen LogP contribution in [0.5, 0.6) is 23.0 Å². The van der Waals surface area contributed by atoms with Crippen LogP contribution in [-0.4, -0.2) is 121 Å². The van der Waals surface area contributed by atoms with Crippen molar-refractivity contribution in [3.05, 3.63) is 373 Å². The van der Waals surface area contributed by atoms with Gasteiger partial charge in [-0.1, -0.05) is 280 Å². The first-order valence-electron chi connectivity index (χ1n) is 39.2. The number of halogens is 8. The van der Waals surface area contributed by atoms with E-state index in [-0.39, 0.29) is 54.0 Å². The highest BCUT2D eigenvalue weighted by molar-refractivity contribution is 9.11. The third-order valence-electron chi connectivity index (χ3n) is 26.2. The second-order valence-corrected chi connectivity index (χ2v) is 39.3. The largest absolute Gasteiger partial charge is 0.476 e. The van der Waals surface area contributed by atoms with Gasteiger partial charge in [0, 0.05) is 121 Å². The third kappa shape index (κ3) is 12.4. The molecule has 22 rings (SSSR count). The Hall–Kier alpha value is -7.81. The molecule has 4 saturated carbocycles. The molecule has 20 atom stereocenters. The molecular formula is C93H74Br4Cl4N4O16S. The lowest BCUT2D eigenvalue weighted by Gasteiger charge is -2.40. The van der Waals surface area contributed by atoms with Gasteiger partial charge in [-0.15, -0.1) is 0 Å². The Kier molecular flexibility index (Phi) is 21.5. The van der Waals surface area contributed by atoms with Crippen LogP contribution in [0.1, 0.15) is 91.0 Å². The van der Waals surface area contributed by atoms with E-state index in [0.717, 1.165) is 57.5 Å². The topological polar surface area (TPSA) is 292 Å². The zero-order valence-electron chi connectivity index (χ0n) is 64.2. The highest BCUT2D eigenvalue weighted by atomic mass is 79.9. The van der Waals surface area contributed by atoms with Gasteiger partial charge in [0.2, 0.25) is 0 Å². The number of fused-ring (bicyclic) bond motifs is 16. The third-order valence-corrected chi connectivity index (χ3v) is 29.7. The second-order valence-electron chi connectivity index (χ2n) is 32.2. The number of nitrogens with zero attached hydrogens (tertiary/aromatic N) is 4. The number of aliphatic hydroxyl groups excluding tert-OH is 3. The van der Waals surface area contributed by atoms with Crippen LogP contribution in [0.2, 0.25) is 20.1 Å². The van der Waals surface area contributed by atoms with E-state index in [1.54, 1.807) is 48.8 Å². The van der Waals surface area contributed by atoms with Crippen molar-refractivity contribution in [2.45, 2.75) is 92.9 Å². The van der Waals surface area contributed by atoms with E-state index in [2.05, 4.69) is 108 Å². The van der Waals surface area contributed by atoms with Crippen LogP contribution in [-0.2, 0) is 68.6 Å². The van der Waals surface area contributed by atoms with Gasteiger partial charge in [0.25, 0.3) is 10.1 Å². The van der Waals surface area contributed by atoms with E-state index in [1.807, 2.05) is 182 Å². The van der Waals surface area contributed by atoms with E-state index in [9.17, 15) is 44.2 Å². The fourth-order valence-corrected chi connectivity index (χ4v) is 23.5. The Morgan fingerprint density at radius 3 is 0.902 bits per heavy atom. The summed E-state index contributed by atoms with van der Waals surface area (Å²) in [7, 11) is -3.81. The van der Waals surface area contributed by atoms with Crippen LogP contribution in [0.3, 0.4) is 0 Å². The summed E-state index contributed by atoms with van der Waals surface area (Å²) in [5, 5.41) is 84.0. The standard InChI is InChI=1S/C24H21BrClNO6S.C23H19BrClNO4.2C23H17BrClNO3/c1-34(30,31)32-13-18-20(14-5-3-2-4-6-14)24(15-7-9-16(25)10-8-15)23(29,22(18)28)21-19(33-24)11-17(26)12-27-21;24-15-8-6-14(7-9-15)23-19(13-4-2-1-3-5-13)17(12-27)21(28)22(23,29)20-18(30-23)10-16(25)11-26-20;2*24-15-8-6-14(7-9-15)23-19(13-4-2-1-3-5-13)17-12-28-21(17)22(23,27)20-18(29-23)10-16(25)11-26-20/h2-12,18,20,22,28-29H,13H2,1H3;1-11,17,19,21,27-29H,12H2;2*1-11,17,19,21,27H,12H2/t18-,20-,22-,23+,24+;3*17-,19-,21-,22+,23+/m1111/s1. The van der Waals surface area contributed by atoms with Crippen molar-refractivity contribution >= 4 is 120 Å². The lowest BCUT2D eigenvalue weighted by Crippen LogP contribution is -2.54. The molecule has 10 heterocycles. The number of hydrogen-bond donors (Lipinski definition) is 7. The molecule has 8 aromatic carbocycles. The van der Waals surface area contributed by atoms with Crippen molar-refractivity contribution in [3.8, 4) is 23.0 Å². The number of aliphatic hydroxyl groups is 7. The number of rotatable bonds is 12. The van der Waals surface area contributed by atoms with Crippen molar-refractivity contribution in [2.75, 3.05) is 32.7 Å². The highest BCUT2D eigenvalue weighted by Crippen LogP contribution is 2.75.